The highest BCUT2D eigenvalue weighted by Gasteiger charge is 2.36. The van der Waals surface area contributed by atoms with Gasteiger partial charge in [-0.3, -0.25) is 9.59 Å². The van der Waals surface area contributed by atoms with Crippen molar-refractivity contribution in [2.75, 3.05) is 33.3 Å². The Morgan fingerprint density at radius 1 is 1.07 bits per heavy atom. The van der Waals surface area contributed by atoms with Gasteiger partial charge in [-0.25, -0.2) is 8.42 Å². The van der Waals surface area contributed by atoms with Crippen LogP contribution >= 0.6 is 11.6 Å². The Labute approximate surface area is 176 Å². The number of carbonyl (C=O) groups excluding carboxylic acids is 2. The van der Waals surface area contributed by atoms with E-state index < -0.39 is 10.0 Å². The molecule has 0 radical (unpaired) electrons. The van der Waals surface area contributed by atoms with E-state index in [-0.39, 0.29) is 47.4 Å². The SMILES string of the molecule is COc1ccc(Cl)cc1S(=O)(=O)N1CCC(C(=O)N2CCC(C(N)=O)CC2)CC1. The van der Waals surface area contributed by atoms with Crippen LogP contribution in [0, 0.1) is 11.8 Å². The zero-order valence-corrected chi connectivity index (χ0v) is 17.9. The Morgan fingerprint density at radius 3 is 2.21 bits per heavy atom. The third kappa shape index (κ3) is 4.67. The molecule has 3 rings (SSSR count). The summed E-state index contributed by atoms with van der Waals surface area (Å²) in [6.45, 7) is 1.55. The van der Waals surface area contributed by atoms with E-state index in [4.69, 9.17) is 22.1 Å². The maximum Gasteiger partial charge on any atom is 0.246 e. The van der Waals surface area contributed by atoms with Crippen molar-refractivity contribution in [3.05, 3.63) is 23.2 Å². The first-order valence-corrected chi connectivity index (χ1v) is 11.5. The number of benzene rings is 1. The molecule has 0 bridgehead atoms. The number of amides is 2. The van der Waals surface area contributed by atoms with Crippen LogP contribution in [-0.2, 0) is 19.6 Å². The van der Waals surface area contributed by atoms with Crippen LogP contribution in [0.5, 0.6) is 5.75 Å². The highest BCUT2D eigenvalue weighted by Crippen LogP contribution is 2.32. The summed E-state index contributed by atoms with van der Waals surface area (Å²) in [5.41, 5.74) is 5.34. The van der Waals surface area contributed by atoms with Crippen molar-refractivity contribution >= 4 is 33.4 Å². The number of hydrogen-bond acceptors (Lipinski definition) is 5. The fourth-order valence-electron chi connectivity index (χ4n) is 3.98. The average Bonchev–Trinajstić information content (AvgIpc) is 2.73. The number of sulfonamides is 1. The quantitative estimate of drug-likeness (QED) is 0.740. The zero-order valence-electron chi connectivity index (χ0n) is 16.3. The van der Waals surface area contributed by atoms with Gasteiger partial charge in [0.1, 0.15) is 10.6 Å². The van der Waals surface area contributed by atoms with Crippen molar-refractivity contribution in [2.24, 2.45) is 17.6 Å². The molecule has 0 aliphatic carbocycles. The number of nitrogens with two attached hydrogens (primary N) is 1. The summed E-state index contributed by atoms with van der Waals surface area (Å²) in [7, 11) is -2.36. The molecule has 160 valence electrons. The second-order valence-electron chi connectivity index (χ2n) is 7.48. The molecular weight excluding hydrogens is 418 g/mol. The molecule has 0 unspecified atom stereocenters. The van der Waals surface area contributed by atoms with Crippen LogP contribution in [0.2, 0.25) is 5.02 Å². The lowest BCUT2D eigenvalue weighted by atomic mass is 9.92. The van der Waals surface area contributed by atoms with Crippen molar-refractivity contribution < 1.29 is 22.7 Å². The lowest BCUT2D eigenvalue weighted by molar-refractivity contribution is -0.139. The van der Waals surface area contributed by atoms with E-state index in [2.05, 4.69) is 0 Å². The van der Waals surface area contributed by atoms with E-state index in [1.54, 1.807) is 11.0 Å². The highest BCUT2D eigenvalue weighted by molar-refractivity contribution is 7.89. The van der Waals surface area contributed by atoms with Gasteiger partial charge < -0.3 is 15.4 Å². The zero-order chi connectivity index (χ0) is 21.2. The number of nitrogens with zero attached hydrogens (tertiary/aromatic N) is 2. The lowest BCUT2D eigenvalue weighted by Crippen LogP contribution is -2.47. The highest BCUT2D eigenvalue weighted by atomic mass is 35.5. The van der Waals surface area contributed by atoms with E-state index in [0.717, 1.165) is 0 Å². The minimum absolute atomic E-state index is 0.0327. The van der Waals surface area contributed by atoms with Gasteiger partial charge in [-0.05, 0) is 43.9 Å². The van der Waals surface area contributed by atoms with Crippen LogP contribution in [-0.4, -0.2) is 62.7 Å². The van der Waals surface area contributed by atoms with E-state index >= 15 is 0 Å². The van der Waals surface area contributed by atoms with Gasteiger partial charge in [-0.15, -0.1) is 0 Å². The summed E-state index contributed by atoms with van der Waals surface area (Å²) in [6.07, 6.45) is 2.08. The van der Waals surface area contributed by atoms with Gasteiger partial charge >= 0.3 is 0 Å². The standard InChI is InChI=1S/C19H26ClN3O5S/c1-28-16-3-2-15(20)12-17(16)29(26,27)23-10-6-14(7-11-23)19(25)22-8-4-13(5-9-22)18(21)24/h2-3,12-14H,4-11H2,1H3,(H2,21,24). The lowest BCUT2D eigenvalue weighted by Gasteiger charge is -2.36. The van der Waals surface area contributed by atoms with Crippen molar-refractivity contribution in [1.82, 2.24) is 9.21 Å². The van der Waals surface area contributed by atoms with Crippen molar-refractivity contribution in [2.45, 2.75) is 30.6 Å². The van der Waals surface area contributed by atoms with Gasteiger partial charge in [-0.1, -0.05) is 11.6 Å². The first-order valence-electron chi connectivity index (χ1n) is 9.66. The van der Waals surface area contributed by atoms with Gasteiger partial charge in [0.25, 0.3) is 0 Å². The van der Waals surface area contributed by atoms with E-state index in [0.29, 0.717) is 43.8 Å². The van der Waals surface area contributed by atoms with Crippen LogP contribution in [0.15, 0.2) is 23.1 Å². The molecule has 2 saturated heterocycles. The molecule has 0 saturated carbocycles. The van der Waals surface area contributed by atoms with Crippen LogP contribution in [0.1, 0.15) is 25.7 Å². The Hall–Kier alpha value is -1.84. The van der Waals surface area contributed by atoms with Gasteiger partial charge in [0, 0.05) is 43.0 Å². The topological polar surface area (TPSA) is 110 Å². The molecule has 0 aromatic heterocycles. The summed E-state index contributed by atoms with van der Waals surface area (Å²) in [5.74, 6) is -0.422. The van der Waals surface area contributed by atoms with Crippen LogP contribution in [0.25, 0.3) is 0 Å². The van der Waals surface area contributed by atoms with Crippen molar-refractivity contribution in [3.63, 3.8) is 0 Å². The molecule has 2 aliphatic heterocycles. The minimum atomic E-state index is -3.77. The maximum absolute atomic E-state index is 13.0. The first-order chi connectivity index (χ1) is 13.7. The molecule has 0 atom stereocenters. The number of piperidine rings is 2. The van der Waals surface area contributed by atoms with Crippen molar-refractivity contribution in [1.29, 1.82) is 0 Å². The molecular formula is C19H26ClN3O5S. The van der Waals surface area contributed by atoms with E-state index in [9.17, 15) is 18.0 Å². The summed E-state index contributed by atoms with van der Waals surface area (Å²) in [6, 6.07) is 4.49. The van der Waals surface area contributed by atoms with E-state index in [1.807, 2.05) is 0 Å². The van der Waals surface area contributed by atoms with Crippen LogP contribution in [0.4, 0.5) is 0 Å². The molecule has 29 heavy (non-hydrogen) atoms. The molecule has 0 spiro atoms. The second kappa shape index (κ2) is 8.89. The van der Waals surface area contributed by atoms with Crippen molar-refractivity contribution in [3.8, 4) is 5.75 Å². The van der Waals surface area contributed by atoms with Gasteiger partial charge in [-0.2, -0.15) is 4.31 Å². The fraction of sp³-hybridized carbons (Fsp3) is 0.579. The first kappa shape index (κ1) is 21.9. The minimum Gasteiger partial charge on any atom is -0.495 e. The molecule has 2 N–H and O–H groups in total. The summed E-state index contributed by atoms with van der Waals surface area (Å²) >= 11 is 5.98. The summed E-state index contributed by atoms with van der Waals surface area (Å²) in [5, 5.41) is 0.314. The van der Waals surface area contributed by atoms with Gasteiger partial charge in [0.15, 0.2) is 0 Å². The van der Waals surface area contributed by atoms with Crippen LogP contribution in [0.3, 0.4) is 0 Å². The number of rotatable bonds is 5. The van der Waals surface area contributed by atoms with Gasteiger partial charge in [0.05, 0.1) is 7.11 Å². The molecule has 8 nitrogen and oxygen atoms in total. The number of ether oxygens (including phenoxy) is 1. The Bertz CT molecular complexity index is 876. The number of primary amides is 1. The number of hydrogen-bond donors (Lipinski definition) is 1. The predicted octanol–water partition coefficient (Wildman–Crippen LogP) is 1.47. The summed E-state index contributed by atoms with van der Waals surface area (Å²) in [4.78, 5) is 25.9. The van der Waals surface area contributed by atoms with Crippen LogP contribution < -0.4 is 10.5 Å². The monoisotopic (exact) mass is 443 g/mol. The number of halogens is 1. The summed E-state index contributed by atoms with van der Waals surface area (Å²) < 4.78 is 32.7. The third-order valence-electron chi connectivity index (χ3n) is 5.76. The third-order valence-corrected chi connectivity index (χ3v) is 7.91. The van der Waals surface area contributed by atoms with Gasteiger partial charge in [0.2, 0.25) is 21.8 Å². The predicted molar refractivity (Wildman–Crippen MR) is 108 cm³/mol. The number of carbonyl (C=O) groups is 2. The maximum atomic E-state index is 13.0. The smallest absolute Gasteiger partial charge is 0.246 e. The Kier molecular flexibility index (Phi) is 6.70. The number of likely N-dealkylation sites (tertiary alicyclic amines) is 1. The average molecular weight is 444 g/mol. The Balaban J connectivity index is 1.62. The second-order valence-corrected chi connectivity index (χ2v) is 9.82. The Morgan fingerprint density at radius 2 is 1.66 bits per heavy atom. The largest absolute Gasteiger partial charge is 0.495 e. The molecule has 2 aliphatic rings. The molecule has 10 heteroatoms. The van der Waals surface area contributed by atoms with E-state index in [1.165, 1.54) is 23.5 Å². The molecule has 2 amide bonds. The number of methoxy groups -OCH3 is 1. The fourth-order valence-corrected chi connectivity index (χ4v) is 5.86. The molecule has 2 fully saturated rings. The molecule has 1 aromatic carbocycles. The normalized spacial score (nSPS) is 19.9. The molecule has 2 heterocycles. The molecule has 1 aromatic rings.